The summed E-state index contributed by atoms with van der Waals surface area (Å²) in [6.07, 6.45) is -0.124. The highest BCUT2D eigenvalue weighted by molar-refractivity contribution is 7.66. The molecule has 1 aromatic rings. The highest BCUT2D eigenvalue weighted by Crippen LogP contribution is 2.39. The average molecular weight is 242 g/mol. The Morgan fingerprint density at radius 1 is 1.38 bits per heavy atom. The number of rotatable bonds is 4. The zero-order chi connectivity index (χ0) is 12.2. The smallest absolute Gasteiger partial charge is 0.306 e. The van der Waals surface area contributed by atoms with Gasteiger partial charge < -0.3 is 9.63 Å². The van der Waals surface area contributed by atoms with Crippen LogP contribution in [0.25, 0.3) is 0 Å². The first kappa shape index (κ1) is 12.9. The molecule has 0 heterocycles. The van der Waals surface area contributed by atoms with E-state index in [1.165, 1.54) is 7.11 Å². The molecule has 0 radical (unpaired) electrons. The van der Waals surface area contributed by atoms with E-state index < -0.39 is 13.3 Å². The number of methoxy groups -OCH3 is 1. The molecular weight excluding hydrogens is 227 g/mol. The molecule has 0 saturated heterocycles. The van der Waals surface area contributed by atoms with Crippen LogP contribution >= 0.6 is 7.37 Å². The highest BCUT2D eigenvalue weighted by Gasteiger charge is 2.22. The Bertz CT molecular complexity index is 410. The monoisotopic (exact) mass is 242 g/mol. The van der Waals surface area contributed by atoms with Crippen molar-refractivity contribution in [1.82, 2.24) is 0 Å². The molecule has 1 atom stereocenters. The largest absolute Gasteiger partial charge is 0.469 e. The number of carbonyl (C=O) groups excluding carboxylic acids is 1. The lowest BCUT2D eigenvalue weighted by Crippen LogP contribution is -2.11. The molecule has 0 fully saturated rings. The first-order valence-corrected chi connectivity index (χ1v) is 6.76. The quantitative estimate of drug-likeness (QED) is 0.641. The molecule has 0 bridgehead atoms. The third-order valence-corrected chi connectivity index (χ3v) is 4.22. The van der Waals surface area contributed by atoms with Crippen molar-refractivity contribution in [3.8, 4) is 0 Å². The number of hydrogen-bond acceptors (Lipinski definition) is 3. The van der Waals surface area contributed by atoms with Crippen LogP contribution in [0.15, 0.2) is 24.3 Å². The van der Waals surface area contributed by atoms with Crippen LogP contribution in [0.5, 0.6) is 0 Å². The zero-order valence-electron chi connectivity index (χ0n) is 9.34. The van der Waals surface area contributed by atoms with Crippen LogP contribution in [0, 0.1) is 6.92 Å². The summed E-state index contributed by atoms with van der Waals surface area (Å²) in [5, 5.41) is 0.377. The van der Waals surface area contributed by atoms with Crippen LogP contribution < -0.4 is 5.30 Å². The number of benzene rings is 1. The van der Waals surface area contributed by atoms with Crippen LogP contribution in [0.1, 0.15) is 12.0 Å². The van der Waals surface area contributed by atoms with Crippen molar-refractivity contribution >= 4 is 18.6 Å². The van der Waals surface area contributed by atoms with Crippen LogP contribution in [-0.4, -0.2) is 24.1 Å². The van der Waals surface area contributed by atoms with Gasteiger partial charge >= 0.3 is 5.97 Å². The van der Waals surface area contributed by atoms with E-state index in [1.807, 2.05) is 6.92 Å². The normalized spacial score (nSPS) is 14.2. The minimum Gasteiger partial charge on any atom is -0.469 e. The van der Waals surface area contributed by atoms with Gasteiger partial charge in [0.15, 0.2) is 0 Å². The molecule has 1 rings (SSSR count). The van der Waals surface area contributed by atoms with E-state index in [1.54, 1.807) is 24.3 Å². The maximum absolute atomic E-state index is 11.9. The third-order valence-electron chi connectivity index (χ3n) is 2.28. The van der Waals surface area contributed by atoms with Crippen LogP contribution in [0.3, 0.4) is 0 Å². The van der Waals surface area contributed by atoms with Gasteiger partial charge in [-0.2, -0.15) is 0 Å². The summed E-state index contributed by atoms with van der Waals surface area (Å²) >= 11 is 0. The predicted octanol–water partition coefficient (Wildman–Crippen LogP) is 1.45. The second kappa shape index (κ2) is 5.28. The summed E-state index contributed by atoms with van der Waals surface area (Å²) < 4.78 is 16.3. The van der Waals surface area contributed by atoms with Gasteiger partial charge in [-0.05, 0) is 19.1 Å². The Morgan fingerprint density at radius 3 is 2.44 bits per heavy atom. The van der Waals surface area contributed by atoms with Gasteiger partial charge in [-0.3, -0.25) is 9.36 Å². The molecule has 0 amide bonds. The number of carbonyl (C=O) groups is 1. The molecule has 0 aromatic heterocycles. The molecule has 88 valence electrons. The number of ether oxygens (including phenoxy) is 1. The second-order valence-electron chi connectivity index (χ2n) is 3.59. The van der Waals surface area contributed by atoms with E-state index in [0.29, 0.717) is 5.30 Å². The number of hydrogen-bond donors (Lipinski definition) is 1. The summed E-state index contributed by atoms with van der Waals surface area (Å²) in [6.45, 7) is 1.90. The molecule has 0 saturated carbocycles. The molecule has 1 N–H and O–H groups in total. The molecule has 0 spiro atoms. The molecule has 1 unspecified atom stereocenters. The highest BCUT2D eigenvalue weighted by atomic mass is 31.2. The minimum atomic E-state index is -3.43. The van der Waals surface area contributed by atoms with Gasteiger partial charge in [0.2, 0.25) is 7.37 Å². The Hall–Kier alpha value is -1.12. The lowest BCUT2D eigenvalue weighted by atomic mass is 10.2. The van der Waals surface area contributed by atoms with Gasteiger partial charge in [0.1, 0.15) is 0 Å². The Labute approximate surface area is 94.7 Å². The van der Waals surface area contributed by atoms with Gasteiger partial charge in [-0.25, -0.2) is 0 Å². The van der Waals surface area contributed by atoms with Crippen LogP contribution in [0.4, 0.5) is 0 Å². The first-order chi connectivity index (χ1) is 7.45. The molecular formula is C11H15O4P. The fourth-order valence-electron chi connectivity index (χ4n) is 1.25. The van der Waals surface area contributed by atoms with Crippen LogP contribution in [0.2, 0.25) is 0 Å². The number of esters is 1. The minimum absolute atomic E-state index is 0.0435. The molecule has 16 heavy (non-hydrogen) atoms. The lowest BCUT2D eigenvalue weighted by molar-refractivity contribution is -0.140. The van der Waals surface area contributed by atoms with Gasteiger partial charge in [-0.15, -0.1) is 0 Å². The summed E-state index contributed by atoms with van der Waals surface area (Å²) in [4.78, 5) is 20.7. The summed E-state index contributed by atoms with van der Waals surface area (Å²) in [7, 11) is -2.17. The van der Waals surface area contributed by atoms with Crippen molar-refractivity contribution in [2.24, 2.45) is 0 Å². The van der Waals surface area contributed by atoms with E-state index in [-0.39, 0.29) is 12.6 Å². The van der Waals surface area contributed by atoms with E-state index >= 15 is 0 Å². The van der Waals surface area contributed by atoms with E-state index in [2.05, 4.69) is 4.74 Å². The third kappa shape index (κ3) is 3.47. The van der Waals surface area contributed by atoms with E-state index in [0.717, 1.165) is 5.56 Å². The summed E-state index contributed by atoms with van der Waals surface area (Å²) in [5.41, 5.74) is 1.02. The zero-order valence-corrected chi connectivity index (χ0v) is 10.2. The van der Waals surface area contributed by atoms with Gasteiger partial charge in [-0.1, -0.05) is 17.7 Å². The number of aryl methyl sites for hydroxylation is 1. The van der Waals surface area contributed by atoms with Gasteiger partial charge in [0, 0.05) is 11.5 Å². The Kier molecular flexibility index (Phi) is 4.27. The van der Waals surface area contributed by atoms with Crippen molar-refractivity contribution in [3.63, 3.8) is 0 Å². The SMILES string of the molecule is COC(=O)CCP(=O)(O)c1ccc(C)cc1. The van der Waals surface area contributed by atoms with Crippen molar-refractivity contribution < 1.29 is 19.0 Å². The van der Waals surface area contributed by atoms with E-state index in [4.69, 9.17) is 0 Å². The van der Waals surface area contributed by atoms with Crippen molar-refractivity contribution in [2.45, 2.75) is 13.3 Å². The van der Waals surface area contributed by atoms with Crippen molar-refractivity contribution in [1.29, 1.82) is 0 Å². The van der Waals surface area contributed by atoms with E-state index in [9.17, 15) is 14.3 Å². The molecule has 4 nitrogen and oxygen atoms in total. The molecule has 0 aliphatic heterocycles. The second-order valence-corrected chi connectivity index (χ2v) is 5.95. The molecule has 0 aliphatic carbocycles. The predicted molar refractivity (Wildman–Crippen MR) is 62.1 cm³/mol. The lowest BCUT2D eigenvalue weighted by Gasteiger charge is -2.11. The van der Waals surface area contributed by atoms with Gasteiger partial charge in [0.25, 0.3) is 0 Å². The summed E-state index contributed by atoms with van der Waals surface area (Å²) in [6, 6.07) is 6.79. The molecule has 1 aromatic carbocycles. The van der Waals surface area contributed by atoms with Crippen molar-refractivity contribution in [3.05, 3.63) is 29.8 Å². The van der Waals surface area contributed by atoms with Crippen molar-refractivity contribution in [2.75, 3.05) is 13.3 Å². The molecule has 5 heteroatoms. The maximum atomic E-state index is 11.9. The fourth-order valence-corrected chi connectivity index (χ4v) is 2.61. The maximum Gasteiger partial charge on any atom is 0.306 e. The fraction of sp³-hybridized carbons (Fsp3) is 0.364. The van der Waals surface area contributed by atoms with Gasteiger partial charge in [0.05, 0.1) is 13.5 Å². The topological polar surface area (TPSA) is 63.6 Å². The Morgan fingerprint density at radius 2 is 1.94 bits per heavy atom. The summed E-state index contributed by atoms with van der Waals surface area (Å²) in [5.74, 6) is -0.471. The van der Waals surface area contributed by atoms with Crippen LogP contribution in [-0.2, 0) is 14.1 Å². The standard InChI is InChI=1S/C11H15O4P/c1-9-3-5-10(6-4-9)16(13,14)8-7-11(12)15-2/h3-6H,7-8H2,1-2H3,(H,13,14). The first-order valence-electron chi connectivity index (χ1n) is 4.91. The molecule has 0 aliphatic rings. The Balaban J connectivity index is 2.74. The average Bonchev–Trinajstić information content (AvgIpc) is 2.26.